The van der Waals surface area contributed by atoms with Crippen LogP contribution >= 0.6 is 11.6 Å². The molecule has 0 radical (unpaired) electrons. The van der Waals surface area contributed by atoms with Crippen molar-refractivity contribution >= 4 is 17.5 Å². The van der Waals surface area contributed by atoms with E-state index >= 15 is 0 Å². The molecule has 0 saturated heterocycles. The van der Waals surface area contributed by atoms with Gasteiger partial charge < -0.3 is 5.32 Å². The van der Waals surface area contributed by atoms with Crippen LogP contribution in [-0.4, -0.2) is 5.91 Å². The number of rotatable bonds is 4. The summed E-state index contributed by atoms with van der Waals surface area (Å²) in [6.07, 6.45) is 0.256. The van der Waals surface area contributed by atoms with Crippen LogP contribution in [-0.2, 0) is 17.8 Å². The number of halogens is 2. The first-order valence-corrected chi connectivity index (χ1v) is 6.27. The van der Waals surface area contributed by atoms with Crippen molar-refractivity contribution < 1.29 is 9.18 Å². The number of hydrogen-bond acceptors (Lipinski definition) is 1. The SMILES string of the molecule is O=C(Cc1ccc(Cl)cc1)NCc1ccccc1F. The van der Waals surface area contributed by atoms with Gasteiger partial charge in [0.05, 0.1) is 6.42 Å². The van der Waals surface area contributed by atoms with Gasteiger partial charge in [-0.1, -0.05) is 41.9 Å². The number of carbonyl (C=O) groups excluding carboxylic acids is 1. The van der Waals surface area contributed by atoms with Crippen LogP contribution in [0.5, 0.6) is 0 Å². The molecule has 1 amide bonds. The second-order valence-electron chi connectivity index (χ2n) is 4.17. The largest absolute Gasteiger partial charge is 0.352 e. The van der Waals surface area contributed by atoms with E-state index in [0.717, 1.165) is 5.56 Å². The van der Waals surface area contributed by atoms with Crippen LogP contribution in [0.25, 0.3) is 0 Å². The Morgan fingerprint density at radius 2 is 1.79 bits per heavy atom. The molecular formula is C15H13ClFNO. The summed E-state index contributed by atoms with van der Waals surface area (Å²) in [6.45, 7) is 0.194. The van der Waals surface area contributed by atoms with Crippen LogP contribution in [0.15, 0.2) is 48.5 Å². The molecule has 0 unspecified atom stereocenters. The second kappa shape index (κ2) is 6.34. The van der Waals surface area contributed by atoms with E-state index in [0.29, 0.717) is 10.6 Å². The minimum atomic E-state index is -0.311. The lowest BCUT2D eigenvalue weighted by atomic mass is 10.1. The maximum atomic E-state index is 13.3. The number of carbonyl (C=O) groups is 1. The lowest BCUT2D eigenvalue weighted by Gasteiger charge is -2.06. The Morgan fingerprint density at radius 1 is 1.11 bits per heavy atom. The average Bonchev–Trinajstić information content (AvgIpc) is 2.40. The zero-order valence-electron chi connectivity index (χ0n) is 10.2. The summed E-state index contributed by atoms with van der Waals surface area (Å²) in [6, 6.07) is 13.5. The molecule has 98 valence electrons. The van der Waals surface area contributed by atoms with Gasteiger partial charge in [-0.25, -0.2) is 4.39 Å². The Morgan fingerprint density at radius 3 is 2.47 bits per heavy atom. The topological polar surface area (TPSA) is 29.1 Å². The highest BCUT2D eigenvalue weighted by Gasteiger charge is 2.05. The van der Waals surface area contributed by atoms with Gasteiger partial charge in [0.25, 0.3) is 0 Å². The van der Waals surface area contributed by atoms with Gasteiger partial charge in [0, 0.05) is 17.1 Å². The van der Waals surface area contributed by atoms with Crippen molar-refractivity contribution in [3.05, 3.63) is 70.5 Å². The molecule has 0 aliphatic rings. The maximum Gasteiger partial charge on any atom is 0.224 e. The lowest BCUT2D eigenvalue weighted by molar-refractivity contribution is -0.120. The molecular weight excluding hydrogens is 265 g/mol. The Labute approximate surface area is 116 Å². The van der Waals surface area contributed by atoms with Crippen molar-refractivity contribution in [2.75, 3.05) is 0 Å². The number of amides is 1. The van der Waals surface area contributed by atoms with Gasteiger partial charge in [-0.3, -0.25) is 4.79 Å². The van der Waals surface area contributed by atoms with E-state index in [9.17, 15) is 9.18 Å². The highest BCUT2D eigenvalue weighted by atomic mass is 35.5. The van der Waals surface area contributed by atoms with E-state index < -0.39 is 0 Å². The molecule has 0 fully saturated rings. The molecule has 0 atom stereocenters. The summed E-state index contributed by atoms with van der Waals surface area (Å²) in [5.41, 5.74) is 1.35. The van der Waals surface area contributed by atoms with Crippen molar-refractivity contribution in [1.29, 1.82) is 0 Å². The average molecular weight is 278 g/mol. The Hall–Kier alpha value is -1.87. The van der Waals surface area contributed by atoms with Crippen molar-refractivity contribution in [2.45, 2.75) is 13.0 Å². The zero-order valence-corrected chi connectivity index (χ0v) is 11.0. The Kier molecular flexibility index (Phi) is 4.53. The van der Waals surface area contributed by atoms with E-state index in [2.05, 4.69) is 5.32 Å². The quantitative estimate of drug-likeness (QED) is 0.912. The second-order valence-corrected chi connectivity index (χ2v) is 4.61. The molecule has 2 aromatic carbocycles. The molecule has 0 aliphatic carbocycles. The lowest BCUT2D eigenvalue weighted by Crippen LogP contribution is -2.24. The number of hydrogen-bond donors (Lipinski definition) is 1. The molecule has 2 nitrogen and oxygen atoms in total. The molecule has 0 aliphatic heterocycles. The van der Waals surface area contributed by atoms with Crippen LogP contribution in [0.2, 0.25) is 5.02 Å². The summed E-state index contributed by atoms with van der Waals surface area (Å²) < 4.78 is 13.3. The fourth-order valence-electron chi connectivity index (χ4n) is 1.69. The molecule has 19 heavy (non-hydrogen) atoms. The van der Waals surface area contributed by atoms with Gasteiger partial charge in [0.2, 0.25) is 5.91 Å². The minimum Gasteiger partial charge on any atom is -0.352 e. The maximum absolute atomic E-state index is 13.3. The molecule has 4 heteroatoms. The molecule has 1 N–H and O–H groups in total. The first-order valence-electron chi connectivity index (χ1n) is 5.90. The predicted molar refractivity (Wildman–Crippen MR) is 73.4 cm³/mol. The van der Waals surface area contributed by atoms with Crippen LogP contribution in [0.3, 0.4) is 0 Å². The first kappa shape index (κ1) is 13.6. The Bertz CT molecular complexity index is 569. The van der Waals surface area contributed by atoms with Gasteiger partial charge in [0.1, 0.15) is 5.82 Å². The highest BCUT2D eigenvalue weighted by molar-refractivity contribution is 6.30. The Balaban J connectivity index is 1.88. The highest BCUT2D eigenvalue weighted by Crippen LogP contribution is 2.10. The minimum absolute atomic E-state index is 0.148. The summed E-state index contributed by atoms with van der Waals surface area (Å²) in [7, 11) is 0. The molecule has 0 bridgehead atoms. The monoisotopic (exact) mass is 277 g/mol. The zero-order chi connectivity index (χ0) is 13.7. The van der Waals surface area contributed by atoms with E-state index in [1.165, 1.54) is 6.07 Å². The smallest absolute Gasteiger partial charge is 0.224 e. The van der Waals surface area contributed by atoms with Crippen LogP contribution < -0.4 is 5.32 Å². The van der Waals surface area contributed by atoms with E-state index in [-0.39, 0.29) is 24.7 Å². The molecule has 0 heterocycles. The van der Waals surface area contributed by atoms with Gasteiger partial charge in [-0.2, -0.15) is 0 Å². The molecule has 0 aromatic heterocycles. The van der Waals surface area contributed by atoms with Crippen molar-refractivity contribution in [1.82, 2.24) is 5.32 Å². The van der Waals surface area contributed by atoms with Gasteiger partial charge in [-0.15, -0.1) is 0 Å². The van der Waals surface area contributed by atoms with Crippen LogP contribution in [0, 0.1) is 5.82 Å². The van der Waals surface area contributed by atoms with Gasteiger partial charge in [-0.05, 0) is 23.8 Å². The van der Waals surface area contributed by atoms with Crippen molar-refractivity contribution in [3.63, 3.8) is 0 Å². The van der Waals surface area contributed by atoms with Crippen molar-refractivity contribution in [3.8, 4) is 0 Å². The predicted octanol–water partition coefficient (Wildman–Crippen LogP) is 3.34. The fourth-order valence-corrected chi connectivity index (χ4v) is 1.81. The third kappa shape index (κ3) is 4.07. The van der Waals surface area contributed by atoms with E-state index in [1.54, 1.807) is 42.5 Å². The van der Waals surface area contributed by atoms with E-state index in [1.807, 2.05) is 0 Å². The van der Waals surface area contributed by atoms with Gasteiger partial charge in [0.15, 0.2) is 0 Å². The first-order chi connectivity index (χ1) is 9.15. The molecule has 2 rings (SSSR count). The summed E-state index contributed by atoms with van der Waals surface area (Å²) in [5, 5.41) is 3.33. The van der Waals surface area contributed by atoms with Crippen LogP contribution in [0.1, 0.15) is 11.1 Å². The van der Waals surface area contributed by atoms with Gasteiger partial charge >= 0.3 is 0 Å². The third-order valence-electron chi connectivity index (χ3n) is 2.71. The van der Waals surface area contributed by atoms with Crippen molar-refractivity contribution in [2.24, 2.45) is 0 Å². The summed E-state index contributed by atoms with van der Waals surface area (Å²) in [5.74, 6) is -0.458. The van der Waals surface area contributed by atoms with Crippen LogP contribution in [0.4, 0.5) is 4.39 Å². The third-order valence-corrected chi connectivity index (χ3v) is 2.96. The molecule has 2 aromatic rings. The standard InChI is InChI=1S/C15H13ClFNO/c16-13-7-5-11(6-8-13)9-15(19)18-10-12-3-1-2-4-14(12)17/h1-8H,9-10H2,(H,18,19). The summed E-state index contributed by atoms with van der Waals surface area (Å²) in [4.78, 5) is 11.7. The normalized spacial score (nSPS) is 10.2. The molecule has 0 spiro atoms. The number of nitrogens with one attached hydrogen (secondary N) is 1. The number of benzene rings is 2. The fraction of sp³-hybridized carbons (Fsp3) is 0.133. The molecule has 0 saturated carbocycles. The summed E-state index contributed by atoms with van der Waals surface area (Å²) >= 11 is 5.76. The van der Waals surface area contributed by atoms with E-state index in [4.69, 9.17) is 11.6 Å².